The Bertz CT molecular complexity index is 1620. The van der Waals surface area contributed by atoms with Gasteiger partial charge in [0.25, 0.3) is 11.1 Å². The van der Waals surface area contributed by atoms with Crippen LogP contribution in [0.15, 0.2) is 55.3 Å². The third-order valence-electron chi connectivity index (χ3n) is 6.09. The Balaban J connectivity index is 1.85. The molecule has 6 rings (SSSR count). The number of nitrogens with zero attached hydrogens (tertiary/aromatic N) is 1. The van der Waals surface area contributed by atoms with Gasteiger partial charge >= 0.3 is 0 Å². The maximum absolute atomic E-state index is 13.1. The van der Waals surface area contributed by atoms with Crippen molar-refractivity contribution in [2.45, 2.75) is 31.7 Å². The normalized spacial score (nSPS) is 15.1. The van der Waals surface area contributed by atoms with Crippen molar-refractivity contribution in [2.75, 3.05) is 0 Å². The number of nitrogens with one attached hydrogen (secondary N) is 3. The number of hydrogen-bond acceptors (Lipinski definition) is 4. The number of rotatable bonds is 2. The highest BCUT2D eigenvalue weighted by Gasteiger charge is 2.26. The molecule has 8 nitrogen and oxygen atoms in total. The molecular weight excluding hydrogens is 384 g/mol. The topological polar surface area (TPSA) is 117 Å². The first kappa shape index (κ1) is 17.1. The lowest BCUT2D eigenvalue weighted by Gasteiger charge is -2.13. The zero-order valence-electron chi connectivity index (χ0n) is 16.0. The van der Waals surface area contributed by atoms with Crippen molar-refractivity contribution in [3.63, 3.8) is 0 Å². The van der Waals surface area contributed by atoms with Gasteiger partial charge in [0.05, 0.1) is 22.5 Å². The molecule has 0 atom stereocenters. The molecule has 0 unspecified atom stereocenters. The number of fused-ring (bicyclic) bond motifs is 4. The van der Waals surface area contributed by atoms with Gasteiger partial charge < -0.3 is 14.4 Å². The first-order valence-corrected chi connectivity index (χ1v) is 10.0. The second-order valence-corrected chi connectivity index (χ2v) is 7.85. The summed E-state index contributed by atoms with van der Waals surface area (Å²) in [7, 11) is 0. The Kier molecular flexibility index (Phi) is 3.47. The molecule has 0 bridgehead atoms. The Labute approximate surface area is 168 Å². The minimum absolute atomic E-state index is 0.168. The third-order valence-corrected chi connectivity index (χ3v) is 6.09. The number of pyridine rings is 2. The summed E-state index contributed by atoms with van der Waals surface area (Å²) in [5.41, 5.74) is 2.10. The van der Waals surface area contributed by atoms with Crippen molar-refractivity contribution in [2.24, 2.45) is 0 Å². The second kappa shape index (κ2) is 6.09. The van der Waals surface area contributed by atoms with E-state index in [1.807, 2.05) is 4.68 Å². The van der Waals surface area contributed by atoms with Crippen LogP contribution in [0.5, 0.6) is 0 Å². The molecule has 4 aromatic heterocycles. The van der Waals surface area contributed by atoms with Crippen molar-refractivity contribution in [1.29, 1.82) is 0 Å². The van der Waals surface area contributed by atoms with E-state index in [0.717, 1.165) is 31.1 Å². The molecule has 0 saturated heterocycles. The summed E-state index contributed by atoms with van der Waals surface area (Å²) < 4.78 is 7.92. The van der Waals surface area contributed by atoms with Gasteiger partial charge in [0.1, 0.15) is 11.2 Å². The first-order valence-electron chi connectivity index (χ1n) is 10.0. The largest absolute Gasteiger partial charge is 0.454 e. The highest BCUT2D eigenvalue weighted by Crippen LogP contribution is 2.38. The summed E-state index contributed by atoms with van der Waals surface area (Å²) >= 11 is 0. The fourth-order valence-corrected chi connectivity index (χ4v) is 4.72. The molecule has 0 amide bonds. The molecule has 4 heterocycles. The molecular formula is C22H18N4O4. The molecule has 1 saturated carbocycles. The van der Waals surface area contributed by atoms with Crippen molar-refractivity contribution in [1.82, 2.24) is 19.7 Å². The van der Waals surface area contributed by atoms with Gasteiger partial charge in [-0.05, 0) is 37.1 Å². The molecule has 30 heavy (non-hydrogen) atoms. The summed E-state index contributed by atoms with van der Waals surface area (Å²) in [5.74, 6) is 0. The number of hydrogen-bond donors (Lipinski definition) is 3. The summed E-state index contributed by atoms with van der Waals surface area (Å²) in [6.45, 7) is 0. The van der Waals surface area contributed by atoms with Crippen LogP contribution in [0.25, 0.3) is 44.2 Å². The fraction of sp³-hybridized carbons (Fsp3) is 0.227. The third kappa shape index (κ3) is 2.30. The SMILES string of the molecule is O=c1ccc2c(c1)oc1c(-c3ccc[nH]c3=O)c3c(=O)[nH]n(C4CCCC4)c3[nH]c12. The predicted octanol–water partition coefficient (Wildman–Crippen LogP) is 3.39. The summed E-state index contributed by atoms with van der Waals surface area (Å²) in [6.07, 6.45) is 5.74. The average Bonchev–Trinajstić information content (AvgIpc) is 3.45. The number of benzene rings is 1. The van der Waals surface area contributed by atoms with Crippen molar-refractivity contribution in [3.8, 4) is 11.1 Å². The minimum Gasteiger partial charge on any atom is -0.454 e. The maximum Gasteiger partial charge on any atom is 0.274 e. The summed E-state index contributed by atoms with van der Waals surface area (Å²) in [5, 5.41) is 4.08. The molecule has 1 aliphatic rings. The minimum atomic E-state index is -0.315. The van der Waals surface area contributed by atoms with Crippen molar-refractivity contribution >= 4 is 33.1 Å². The summed E-state index contributed by atoms with van der Waals surface area (Å²) in [6, 6.07) is 8.18. The standard InChI is InChI=1S/C22H18N4O4/c27-12-7-8-13-15(10-12)30-19-16(14-6-3-9-23-21(14)28)17-20(24-18(13)19)26(25-22(17)29)11-4-1-2-5-11/h3,6-11,24H,1-2,4-5H2,(H,23,28)(H,25,29). The average molecular weight is 402 g/mol. The Morgan fingerprint density at radius 1 is 1.03 bits per heavy atom. The Morgan fingerprint density at radius 3 is 2.67 bits per heavy atom. The molecule has 8 heteroatoms. The number of aromatic amines is 3. The van der Waals surface area contributed by atoms with Crippen LogP contribution in [-0.4, -0.2) is 19.7 Å². The van der Waals surface area contributed by atoms with Crippen LogP contribution in [0.3, 0.4) is 0 Å². The van der Waals surface area contributed by atoms with E-state index in [1.54, 1.807) is 24.4 Å². The highest BCUT2D eigenvalue weighted by molar-refractivity contribution is 6.14. The lowest BCUT2D eigenvalue weighted by atomic mass is 10.0. The first-order chi connectivity index (χ1) is 14.6. The van der Waals surface area contributed by atoms with Crippen molar-refractivity contribution < 1.29 is 4.42 Å². The fourth-order valence-electron chi connectivity index (χ4n) is 4.72. The van der Waals surface area contributed by atoms with E-state index in [0.29, 0.717) is 38.8 Å². The monoisotopic (exact) mass is 402 g/mol. The van der Waals surface area contributed by atoms with E-state index >= 15 is 0 Å². The lowest BCUT2D eigenvalue weighted by molar-refractivity contribution is 0.476. The molecule has 150 valence electrons. The molecule has 0 aliphatic heterocycles. The molecule has 1 aliphatic carbocycles. The Morgan fingerprint density at radius 2 is 1.87 bits per heavy atom. The van der Waals surface area contributed by atoms with Crippen LogP contribution >= 0.6 is 0 Å². The maximum atomic E-state index is 13.1. The Hall–Kier alpha value is -3.81. The zero-order valence-corrected chi connectivity index (χ0v) is 16.0. The van der Waals surface area contributed by atoms with E-state index in [-0.39, 0.29) is 22.6 Å². The smallest absolute Gasteiger partial charge is 0.274 e. The quantitative estimate of drug-likeness (QED) is 0.420. The molecule has 1 fully saturated rings. The van der Waals surface area contributed by atoms with Crippen LogP contribution in [0, 0.1) is 0 Å². The predicted molar refractivity (Wildman–Crippen MR) is 114 cm³/mol. The van der Waals surface area contributed by atoms with E-state index in [1.165, 1.54) is 12.1 Å². The van der Waals surface area contributed by atoms with Crippen LogP contribution in [0.1, 0.15) is 31.7 Å². The van der Waals surface area contributed by atoms with Crippen LogP contribution < -0.4 is 16.5 Å². The lowest BCUT2D eigenvalue weighted by Crippen LogP contribution is -2.10. The number of H-pyrrole nitrogens is 3. The molecule has 0 radical (unpaired) electrons. The van der Waals surface area contributed by atoms with Crippen LogP contribution in [0.2, 0.25) is 0 Å². The van der Waals surface area contributed by atoms with Gasteiger partial charge in [-0.25, -0.2) is 0 Å². The van der Waals surface area contributed by atoms with Gasteiger partial charge in [-0.1, -0.05) is 12.8 Å². The van der Waals surface area contributed by atoms with Gasteiger partial charge in [0.2, 0.25) is 0 Å². The van der Waals surface area contributed by atoms with Gasteiger partial charge in [-0.15, -0.1) is 0 Å². The molecule has 1 aromatic carbocycles. The molecule has 3 N–H and O–H groups in total. The van der Waals surface area contributed by atoms with E-state index < -0.39 is 0 Å². The van der Waals surface area contributed by atoms with E-state index in [4.69, 9.17) is 4.42 Å². The van der Waals surface area contributed by atoms with Gasteiger partial charge in [-0.2, -0.15) is 0 Å². The molecule has 5 aromatic rings. The van der Waals surface area contributed by atoms with E-state index in [2.05, 4.69) is 15.1 Å². The van der Waals surface area contributed by atoms with Gasteiger partial charge in [0.15, 0.2) is 11.0 Å². The van der Waals surface area contributed by atoms with Crippen LogP contribution in [0.4, 0.5) is 0 Å². The second-order valence-electron chi connectivity index (χ2n) is 7.85. The van der Waals surface area contributed by atoms with E-state index in [9.17, 15) is 14.4 Å². The van der Waals surface area contributed by atoms with Crippen LogP contribution in [-0.2, 0) is 0 Å². The molecule has 0 spiro atoms. The number of furan rings is 1. The van der Waals surface area contributed by atoms with Gasteiger partial charge in [0, 0.05) is 23.2 Å². The summed E-state index contributed by atoms with van der Waals surface area (Å²) in [4.78, 5) is 43.6. The highest BCUT2D eigenvalue weighted by atomic mass is 16.3. The zero-order chi connectivity index (χ0) is 20.4. The van der Waals surface area contributed by atoms with Crippen molar-refractivity contribution in [3.05, 3.63) is 67.5 Å². The van der Waals surface area contributed by atoms with Gasteiger partial charge in [-0.3, -0.25) is 24.2 Å². The number of aromatic nitrogens is 4.